The summed E-state index contributed by atoms with van der Waals surface area (Å²) in [6, 6.07) is 5.98. The highest BCUT2D eigenvalue weighted by atomic mass is 35.5. The number of nitrogens with one attached hydrogen (secondary N) is 1. The zero-order chi connectivity index (χ0) is 22.7. The second-order valence-corrected chi connectivity index (χ2v) is 10.9. The molecule has 0 atom stereocenters. The van der Waals surface area contributed by atoms with Gasteiger partial charge in [0.15, 0.2) is 5.58 Å². The molecule has 176 valence electrons. The van der Waals surface area contributed by atoms with Crippen molar-refractivity contribution in [2.24, 2.45) is 5.92 Å². The van der Waals surface area contributed by atoms with Crippen LogP contribution in [0, 0.1) is 5.92 Å². The first-order valence-electron chi connectivity index (χ1n) is 12.0. The number of carbonyl (C=O) groups is 1. The van der Waals surface area contributed by atoms with Crippen LogP contribution in [0.25, 0.3) is 11.0 Å². The summed E-state index contributed by atoms with van der Waals surface area (Å²) < 4.78 is 10.9. The van der Waals surface area contributed by atoms with E-state index in [-0.39, 0.29) is 12.1 Å². The van der Waals surface area contributed by atoms with Crippen molar-refractivity contribution in [2.75, 3.05) is 19.6 Å². The first kappa shape index (κ1) is 23.4. The fraction of sp³-hybridized carbons (Fsp3) is 0.680. The van der Waals surface area contributed by atoms with Gasteiger partial charge in [-0.1, -0.05) is 16.8 Å². The maximum atomic E-state index is 12.0. The van der Waals surface area contributed by atoms with Crippen molar-refractivity contribution >= 4 is 28.7 Å². The Bertz CT molecular complexity index is 907. The maximum Gasteiger partial charge on any atom is 0.407 e. The van der Waals surface area contributed by atoms with Crippen molar-refractivity contribution in [3.63, 3.8) is 0 Å². The molecule has 0 bridgehead atoms. The van der Waals surface area contributed by atoms with E-state index in [1.54, 1.807) is 0 Å². The van der Waals surface area contributed by atoms with E-state index < -0.39 is 5.60 Å². The number of rotatable bonds is 5. The van der Waals surface area contributed by atoms with Gasteiger partial charge in [-0.25, -0.2) is 4.79 Å². The first-order valence-corrected chi connectivity index (χ1v) is 12.4. The SMILES string of the molecule is CC(C)(C)OC(=O)N[C@H]1CC[C@H](CCN2CCC(c3noc4ccc(Cl)cc34)CC2)CC1. The lowest BCUT2D eigenvalue weighted by molar-refractivity contribution is 0.0485. The van der Waals surface area contributed by atoms with Crippen molar-refractivity contribution in [3.05, 3.63) is 28.9 Å². The van der Waals surface area contributed by atoms with E-state index in [4.69, 9.17) is 20.9 Å². The van der Waals surface area contributed by atoms with Gasteiger partial charge in [0, 0.05) is 22.4 Å². The topological polar surface area (TPSA) is 67.6 Å². The molecule has 1 aliphatic heterocycles. The standard InChI is InChI=1S/C25H36ClN3O3/c1-25(2,3)31-24(30)27-20-7-4-17(5-8-20)10-13-29-14-11-18(12-15-29)23-21-16-19(26)6-9-22(21)32-28-23/h6,9,16-18,20H,4-5,7-8,10-15H2,1-3H3,(H,27,30)/t17-,20-. The summed E-state index contributed by atoms with van der Waals surface area (Å²) in [5.41, 5.74) is 1.45. The van der Waals surface area contributed by atoms with Gasteiger partial charge in [0.05, 0.1) is 5.69 Å². The summed E-state index contributed by atoms with van der Waals surface area (Å²) in [6.07, 6.45) is 7.64. The lowest BCUT2D eigenvalue weighted by Crippen LogP contribution is -2.41. The summed E-state index contributed by atoms with van der Waals surface area (Å²) in [5, 5.41) is 9.20. The fourth-order valence-electron chi connectivity index (χ4n) is 5.09. The molecule has 1 aliphatic carbocycles. The van der Waals surface area contributed by atoms with Crippen LogP contribution in [0.4, 0.5) is 4.79 Å². The van der Waals surface area contributed by atoms with Gasteiger partial charge >= 0.3 is 6.09 Å². The molecule has 4 rings (SSSR count). The number of aromatic nitrogens is 1. The Kier molecular flexibility index (Phi) is 7.30. The van der Waals surface area contributed by atoms with E-state index in [0.717, 1.165) is 72.9 Å². The number of carbonyl (C=O) groups excluding carboxylic acids is 1. The smallest absolute Gasteiger partial charge is 0.407 e. The zero-order valence-corrected chi connectivity index (χ0v) is 20.3. The third-order valence-corrected chi connectivity index (χ3v) is 7.09. The molecule has 1 saturated heterocycles. The predicted molar refractivity (Wildman–Crippen MR) is 127 cm³/mol. The average Bonchev–Trinajstić information content (AvgIpc) is 3.15. The van der Waals surface area contributed by atoms with Gasteiger partial charge in [-0.3, -0.25) is 0 Å². The number of fused-ring (bicyclic) bond motifs is 1. The Hall–Kier alpha value is -1.79. The number of hydrogen-bond acceptors (Lipinski definition) is 5. The van der Waals surface area contributed by atoms with Gasteiger partial charge in [0.1, 0.15) is 5.60 Å². The van der Waals surface area contributed by atoms with Crippen LogP contribution in [0.2, 0.25) is 5.02 Å². The Morgan fingerprint density at radius 1 is 1.19 bits per heavy atom. The van der Waals surface area contributed by atoms with Crippen LogP contribution in [-0.4, -0.2) is 47.4 Å². The minimum Gasteiger partial charge on any atom is -0.444 e. The average molecular weight is 462 g/mol. The van der Waals surface area contributed by atoms with Crippen LogP contribution in [0.5, 0.6) is 0 Å². The second-order valence-electron chi connectivity index (χ2n) is 10.5. The Labute approximate surface area is 196 Å². The third kappa shape index (κ3) is 6.16. The number of nitrogens with zero attached hydrogens (tertiary/aromatic N) is 2. The molecule has 1 saturated carbocycles. The quantitative estimate of drug-likeness (QED) is 0.579. The van der Waals surface area contributed by atoms with Crippen LogP contribution in [0.1, 0.15) is 77.3 Å². The molecule has 2 aliphatic rings. The molecule has 0 unspecified atom stereocenters. The van der Waals surface area contributed by atoms with Crippen LogP contribution in [-0.2, 0) is 4.74 Å². The number of ether oxygens (including phenoxy) is 1. The highest BCUT2D eigenvalue weighted by Crippen LogP contribution is 2.34. The molecular weight excluding hydrogens is 426 g/mol. The fourth-order valence-corrected chi connectivity index (χ4v) is 5.26. The number of piperidine rings is 1. The van der Waals surface area contributed by atoms with Gasteiger partial charge in [-0.05, 0) is 109 Å². The number of alkyl carbamates (subject to hydrolysis) is 1. The molecule has 1 amide bonds. The van der Waals surface area contributed by atoms with E-state index in [1.807, 2.05) is 39.0 Å². The van der Waals surface area contributed by atoms with E-state index in [9.17, 15) is 4.79 Å². The summed E-state index contributed by atoms with van der Waals surface area (Å²) in [4.78, 5) is 14.6. The maximum absolute atomic E-state index is 12.0. The first-order chi connectivity index (χ1) is 15.3. The molecule has 32 heavy (non-hydrogen) atoms. The second kappa shape index (κ2) is 10.0. The highest BCUT2D eigenvalue weighted by Gasteiger charge is 2.27. The van der Waals surface area contributed by atoms with E-state index in [0.29, 0.717) is 5.92 Å². The number of halogens is 1. The largest absolute Gasteiger partial charge is 0.444 e. The molecule has 1 N–H and O–H groups in total. The van der Waals surface area contributed by atoms with Crippen molar-refractivity contribution in [1.82, 2.24) is 15.4 Å². The van der Waals surface area contributed by atoms with Crippen LogP contribution < -0.4 is 5.32 Å². The Morgan fingerprint density at radius 3 is 2.59 bits per heavy atom. The van der Waals surface area contributed by atoms with Gasteiger partial charge < -0.3 is 19.5 Å². The van der Waals surface area contributed by atoms with Gasteiger partial charge in [-0.2, -0.15) is 0 Å². The summed E-state index contributed by atoms with van der Waals surface area (Å²) in [7, 11) is 0. The summed E-state index contributed by atoms with van der Waals surface area (Å²) in [5.74, 6) is 1.20. The molecule has 7 heteroatoms. The molecule has 1 aromatic carbocycles. The summed E-state index contributed by atoms with van der Waals surface area (Å²) in [6.45, 7) is 9.07. The minimum atomic E-state index is -0.442. The van der Waals surface area contributed by atoms with Gasteiger partial charge in [-0.15, -0.1) is 0 Å². The van der Waals surface area contributed by atoms with Crippen molar-refractivity contribution in [1.29, 1.82) is 0 Å². The molecule has 6 nitrogen and oxygen atoms in total. The van der Waals surface area contributed by atoms with Crippen molar-refractivity contribution in [3.8, 4) is 0 Å². The number of likely N-dealkylation sites (tertiary alicyclic amines) is 1. The van der Waals surface area contributed by atoms with Crippen LogP contribution in [0.3, 0.4) is 0 Å². The molecule has 2 heterocycles. The van der Waals surface area contributed by atoms with E-state index in [1.165, 1.54) is 19.3 Å². The number of amides is 1. The number of hydrogen-bond donors (Lipinski definition) is 1. The minimum absolute atomic E-state index is 0.252. The lowest BCUT2D eigenvalue weighted by Gasteiger charge is -2.34. The Balaban J connectivity index is 1.17. The number of benzene rings is 1. The van der Waals surface area contributed by atoms with Crippen molar-refractivity contribution in [2.45, 2.75) is 83.3 Å². The van der Waals surface area contributed by atoms with Crippen LogP contribution in [0.15, 0.2) is 22.7 Å². The molecule has 0 spiro atoms. The predicted octanol–water partition coefficient (Wildman–Crippen LogP) is 6.13. The monoisotopic (exact) mass is 461 g/mol. The zero-order valence-electron chi connectivity index (χ0n) is 19.5. The molecule has 0 radical (unpaired) electrons. The van der Waals surface area contributed by atoms with Gasteiger partial charge in [0.25, 0.3) is 0 Å². The molecule has 2 fully saturated rings. The molecule has 2 aromatic rings. The van der Waals surface area contributed by atoms with E-state index in [2.05, 4.69) is 15.4 Å². The normalized spacial score (nSPS) is 23.4. The van der Waals surface area contributed by atoms with E-state index >= 15 is 0 Å². The van der Waals surface area contributed by atoms with Crippen molar-refractivity contribution < 1.29 is 14.1 Å². The van der Waals surface area contributed by atoms with Gasteiger partial charge in [0.2, 0.25) is 0 Å². The third-order valence-electron chi connectivity index (χ3n) is 6.86. The highest BCUT2D eigenvalue weighted by molar-refractivity contribution is 6.31. The molecule has 1 aromatic heterocycles. The summed E-state index contributed by atoms with van der Waals surface area (Å²) >= 11 is 6.18. The Morgan fingerprint density at radius 2 is 1.91 bits per heavy atom. The molecular formula is C25H36ClN3O3. The van der Waals surface area contributed by atoms with Crippen LogP contribution >= 0.6 is 11.6 Å². The lowest BCUT2D eigenvalue weighted by atomic mass is 9.84.